The van der Waals surface area contributed by atoms with Gasteiger partial charge in [0.2, 0.25) is 0 Å². The van der Waals surface area contributed by atoms with Crippen LogP contribution in [0.3, 0.4) is 0 Å². The molecule has 0 fully saturated rings. The molecule has 9 heavy (non-hydrogen) atoms. The van der Waals surface area contributed by atoms with E-state index in [0.717, 1.165) is 11.5 Å². The predicted octanol–water partition coefficient (Wildman–Crippen LogP) is 3.30. The Bertz CT molecular complexity index is 179. The molecule has 0 aromatic rings. The normalized spacial score (nSPS) is 17.4. The van der Waals surface area contributed by atoms with Crippen molar-refractivity contribution < 1.29 is 27.4 Å². The summed E-state index contributed by atoms with van der Waals surface area (Å²) in [6, 6.07) is 0. The van der Waals surface area contributed by atoms with Gasteiger partial charge in [-0.15, -0.1) is 0 Å². The van der Waals surface area contributed by atoms with Gasteiger partial charge in [0.1, 0.15) is 0 Å². The molecule has 0 saturated carbocycles. The number of allylic oxidation sites excluding steroid dienone is 4. The summed E-state index contributed by atoms with van der Waals surface area (Å²) in [5.41, 5.74) is 2.73. The molecule has 0 saturated heterocycles. The Labute approximate surface area is 81.8 Å². The molecule has 0 radical (unpaired) electrons. The van der Waals surface area contributed by atoms with Crippen LogP contribution in [-0.2, 0) is 21.7 Å². The molecule has 0 aliphatic heterocycles. The van der Waals surface area contributed by atoms with Crippen molar-refractivity contribution >= 4 is 11.6 Å². The minimum absolute atomic E-state index is 0. The number of halogens is 1. The van der Waals surface area contributed by atoms with Crippen molar-refractivity contribution in [2.24, 2.45) is 0 Å². The summed E-state index contributed by atoms with van der Waals surface area (Å²) in [4.78, 5) is 0. The molecule has 0 heterocycles. The average molecular weight is 181 g/mol. The standard InChI is InChI=1S/C7H9Cl.Ti.4H/c1-5-3-7(8)4-6(5)2;;;;;/h3H,4H2,1-2H3;;;;;/q;+4;4*-1. The smallest absolute Gasteiger partial charge is 1.00 e. The van der Waals surface area contributed by atoms with Crippen LogP contribution < -0.4 is 0 Å². The SMILES string of the molecule is CC1=C(C)CC(Cl)=C1.[H-].[H-].[H-].[H-].[Ti+4]. The number of rotatable bonds is 0. The summed E-state index contributed by atoms with van der Waals surface area (Å²) in [6.07, 6.45) is 2.99. The summed E-state index contributed by atoms with van der Waals surface area (Å²) < 4.78 is 0. The van der Waals surface area contributed by atoms with Crippen LogP contribution in [0.5, 0.6) is 0 Å². The van der Waals surface area contributed by atoms with E-state index in [1.807, 2.05) is 6.08 Å². The Morgan fingerprint density at radius 1 is 1.56 bits per heavy atom. The third-order valence-electron chi connectivity index (χ3n) is 1.48. The Balaban J connectivity index is -0.0000000427. The summed E-state index contributed by atoms with van der Waals surface area (Å²) in [5, 5.41) is 0.972. The van der Waals surface area contributed by atoms with Gasteiger partial charge < -0.3 is 5.71 Å². The van der Waals surface area contributed by atoms with Crippen LogP contribution in [0, 0.1) is 0 Å². The van der Waals surface area contributed by atoms with Gasteiger partial charge in [-0.2, -0.15) is 0 Å². The molecule has 52 valence electrons. The van der Waals surface area contributed by atoms with Crippen LogP contribution in [0.25, 0.3) is 0 Å². The second-order valence-corrected chi connectivity index (χ2v) is 2.72. The average Bonchev–Trinajstić information content (AvgIpc) is 1.85. The predicted molar refractivity (Wildman–Crippen MR) is 41.4 cm³/mol. The fourth-order valence-corrected chi connectivity index (χ4v) is 1.17. The summed E-state index contributed by atoms with van der Waals surface area (Å²) in [5.74, 6) is 0. The van der Waals surface area contributed by atoms with Crippen molar-refractivity contribution in [2.75, 3.05) is 0 Å². The van der Waals surface area contributed by atoms with Gasteiger partial charge in [0.05, 0.1) is 0 Å². The van der Waals surface area contributed by atoms with E-state index in [0.29, 0.717) is 0 Å². The zero-order chi connectivity index (χ0) is 6.15. The Hall–Kier alpha value is 0.484. The van der Waals surface area contributed by atoms with Gasteiger partial charge in [-0.3, -0.25) is 0 Å². The molecule has 0 atom stereocenters. The third kappa shape index (κ3) is 2.29. The van der Waals surface area contributed by atoms with E-state index in [2.05, 4.69) is 13.8 Å². The largest absolute Gasteiger partial charge is 4.00 e. The maximum absolute atomic E-state index is 5.72. The van der Waals surface area contributed by atoms with Crippen LogP contribution in [-0.4, -0.2) is 0 Å². The quantitative estimate of drug-likeness (QED) is 0.502. The van der Waals surface area contributed by atoms with Gasteiger partial charge in [0.15, 0.2) is 0 Å². The molecule has 0 bridgehead atoms. The molecule has 1 rings (SSSR count). The molecule has 0 N–H and O–H groups in total. The van der Waals surface area contributed by atoms with Crippen molar-refractivity contribution in [1.82, 2.24) is 0 Å². The minimum Gasteiger partial charge on any atom is -1.00 e. The van der Waals surface area contributed by atoms with Gasteiger partial charge in [-0.05, 0) is 19.9 Å². The minimum atomic E-state index is 0. The van der Waals surface area contributed by atoms with E-state index >= 15 is 0 Å². The zero-order valence-corrected chi connectivity index (χ0v) is 7.98. The molecule has 0 nitrogen and oxygen atoms in total. The first-order chi connectivity index (χ1) is 3.70. The molecule has 0 spiro atoms. The van der Waals surface area contributed by atoms with Gasteiger partial charge in [0.25, 0.3) is 0 Å². The fourth-order valence-electron chi connectivity index (χ4n) is 0.802. The van der Waals surface area contributed by atoms with E-state index in [1.165, 1.54) is 11.1 Å². The first-order valence-electron chi connectivity index (χ1n) is 2.72. The van der Waals surface area contributed by atoms with E-state index in [9.17, 15) is 0 Å². The summed E-state index contributed by atoms with van der Waals surface area (Å²) in [6.45, 7) is 4.20. The number of hydrogen-bond donors (Lipinski definition) is 0. The molecule has 0 aromatic heterocycles. The molecule has 1 aliphatic rings. The molecular weight excluding hydrogens is 167 g/mol. The molecule has 0 unspecified atom stereocenters. The first-order valence-corrected chi connectivity index (χ1v) is 3.10. The van der Waals surface area contributed by atoms with E-state index in [1.54, 1.807) is 0 Å². The van der Waals surface area contributed by atoms with Crippen molar-refractivity contribution in [3.63, 3.8) is 0 Å². The van der Waals surface area contributed by atoms with Gasteiger partial charge in [0, 0.05) is 11.5 Å². The van der Waals surface area contributed by atoms with Crippen LogP contribution in [0.4, 0.5) is 0 Å². The summed E-state index contributed by atoms with van der Waals surface area (Å²) in [7, 11) is 0. The van der Waals surface area contributed by atoms with Crippen LogP contribution in [0.2, 0.25) is 0 Å². The molecule has 2 heteroatoms. The van der Waals surface area contributed by atoms with E-state index in [4.69, 9.17) is 11.6 Å². The van der Waals surface area contributed by atoms with Crippen LogP contribution >= 0.6 is 11.6 Å². The number of hydrogen-bond acceptors (Lipinski definition) is 0. The van der Waals surface area contributed by atoms with Crippen LogP contribution in [0.1, 0.15) is 26.0 Å². The molecular formula is C7H13ClTi. The fraction of sp³-hybridized carbons (Fsp3) is 0.429. The van der Waals surface area contributed by atoms with Crippen LogP contribution in [0.15, 0.2) is 22.3 Å². The molecule has 1 aliphatic carbocycles. The third-order valence-corrected chi connectivity index (χ3v) is 1.72. The Morgan fingerprint density at radius 2 is 2.11 bits per heavy atom. The van der Waals surface area contributed by atoms with Crippen molar-refractivity contribution in [3.05, 3.63) is 22.3 Å². The maximum atomic E-state index is 5.72. The Kier molecular flexibility index (Phi) is 3.80. The second kappa shape index (κ2) is 3.60. The van der Waals surface area contributed by atoms with Crippen molar-refractivity contribution in [3.8, 4) is 0 Å². The van der Waals surface area contributed by atoms with Gasteiger partial charge in [-0.25, -0.2) is 0 Å². The first kappa shape index (κ1) is 9.48. The topological polar surface area (TPSA) is 0 Å². The van der Waals surface area contributed by atoms with Gasteiger partial charge in [-0.1, -0.05) is 22.7 Å². The second-order valence-electron chi connectivity index (χ2n) is 2.23. The molecule has 0 aromatic carbocycles. The summed E-state index contributed by atoms with van der Waals surface area (Å²) >= 11 is 5.72. The maximum Gasteiger partial charge on any atom is 4.00 e. The van der Waals surface area contributed by atoms with E-state index < -0.39 is 0 Å². The van der Waals surface area contributed by atoms with E-state index in [-0.39, 0.29) is 27.4 Å². The van der Waals surface area contributed by atoms with Gasteiger partial charge >= 0.3 is 21.7 Å². The van der Waals surface area contributed by atoms with Crippen molar-refractivity contribution in [2.45, 2.75) is 20.3 Å². The molecule has 0 amide bonds. The van der Waals surface area contributed by atoms with Crippen molar-refractivity contribution in [1.29, 1.82) is 0 Å². The zero-order valence-electron chi connectivity index (χ0n) is 9.66. The Morgan fingerprint density at radius 3 is 2.22 bits per heavy atom. The monoisotopic (exact) mass is 180 g/mol.